The molecule has 0 aliphatic rings. The van der Waals surface area contributed by atoms with Gasteiger partial charge in [-0.1, -0.05) is 24.3 Å². The summed E-state index contributed by atoms with van der Waals surface area (Å²) in [5.74, 6) is -0.512. The quantitative estimate of drug-likeness (QED) is 0.325. The number of hydrogen-bond donors (Lipinski definition) is 0. The summed E-state index contributed by atoms with van der Waals surface area (Å²) in [6.07, 6.45) is 1.73. The van der Waals surface area contributed by atoms with Gasteiger partial charge in [0.25, 0.3) is 0 Å². The number of carbonyl (C=O) groups is 2. The minimum Gasteiger partial charge on any atom is -0.465 e. The van der Waals surface area contributed by atoms with Crippen LogP contribution in [0.1, 0.15) is 22.7 Å². The van der Waals surface area contributed by atoms with Crippen molar-refractivity contribution in [3.63, 3.8) is 0 Å². The largest absolute Gasteiger partial charge is 0.465 e. The zero-order valence-corrected chi connectivity index (χ0v) is 16.6. The number of carbonyl (C=O) groups excluding carboxylic acids is 2. The lowest BCUT2D eigenvalue weighted by Crippen LogP contribution is -2.13. The molecule has 0 saturated carbocycles. The molecule has 0 radical (unpaired) electrons. The van der Waals surface area contributed by atoms with Crippen LogP contribution in [0.25, 0.3) is 22.1 Å². The number of fused-ring (bicyclic) bond motifs is 1. The fourth-order valence-corrected chi connectivity index (χ4v) is 3.13. The molecule has 0 spiro atoms. The molecule has 1 aromatic heterocycles. The highest BCUT2D eigenvalue weighted by molar-refractivity contribution is 5.99. The standard InChI is InChI=1S/C24H18FNO5/c1-29-24(28)19-12-16-4-2-3-5-17(16)13-20(19)31-23(27)11-10-22-26-14-21(30-22)15-6-8-18(25)9-7-15/h2-9,12-14H,10-11H2,1H3. The average Bonchev–Trinajstić information content (AvgIpc) is 3.26. The SMILES string of the molecule is COC(=O)c1cc2ccccc2cc1OC(=O)CCc1ncc(-c2ccc(F)cc2)o1. The summed E-state index contributed by atoms with van der Waals surface area (Å²) >= 11 is 0. The number of aromatic nitrogens is 1. The Kier molecular flexibility index (Phi) is 5.75. The van der Waals surface area contributed by atoms with Crippen molar-refractivity contribution >= 4 is 22.7 Å². The second kappa shape index (κ2) is 8.79. The molecular formula is C24H18FNO5. The lowest BCUT2D eigenvalue weighted by molar-refractivity contribution is -0.134. The Bertz CT molecular complexity index is 1250. The Morgan fingerprint density at radius 2 is 1.74 bits per heavy atom. The van der Waals surface area contributed by atoms with Gasteiger partial charge in [0.15, 0.2) is 11.7 Å². The maximum atomic E-state index is 13.1. The molecule has 0 aliphatic heterocycles. The number of rotatable bonds is 6. The van der Waals surface area contributed by atoms with Gasteiger partial charge in [-0.2, -0.15) is 0 Å². The molecule has 0 aliphatic carbocycles. The molecule has 156 valence electrons. The summed E-state index contributed by atoms with van der Waals surface area (Å²) in [7, 11) is 1.27. The normalized spacial score (nSPS) is 10.8. The van der Waals surface area contributed by atoms with Crippen molar-refractivity contribution < 1.29 is 27.9 Å². The van der Waals surface area contributed by atoms with E-state index in [-0.39, 0.29) is 30.0 Å². The molecule has 0 N–H and O–H groups in total. The molecule has 0 fully saturated rings. The Labute approximate surface area is 177 Å². The van der Waals surface area contributed by atoms with Gasteiger partial charge < -0.3 is 13.9 Å². The maximum absolute atomic E-state index is 13.1. The molecule has 0 atom stereocenters. The molecule has 4 rings (SSSR count). The van der Waals surface area contributed by atoms with Gasteiger partial charge in [-0.3, -0.25) is 4.79 Å². The summed E-state index contributed by atoms with van der Waals surface area (Å²) in [6.45, 7) is 0. The van der Waals surface area contributed by atoms with Crippen LogP contribution in [0.5, 0.6) is 5.75 Å². The van der Waals surface area contributed by atoms with Crippen LogP contribution in [-0.4, -0.2) is 24.0 Å². The minimum absolute atomic E-state index is 0.00316. The van der Waals surface area contributed by atoms with Crippen molar-refractivity contribution in [2.45, 2.75) is 12.8 Å². The summed E-state index contributed by atoms with van der Waals surface area (Å²) in [4.78, 5) is 28.7. The molecule has 0 amide bonds. The van der Waals surface area contributed by atoms with Crippen molar-refractivity contribution in [3.05, 3.63) is 84.1 Å². The summed E-state index contributed by atoms with van der Waals surface area (Å²) in [5, 5.41) is 1.66. The van der Waals surface area contributed by atoms with Crippen LogP contribution in [0, 0.1) is 5.82 Å². The number of ether oxygens (including phenoxy) is 2. The topological polar surface area (TPSA) is 78.6 Å². The number of benzene rings is 3. The van der Waals surface area contributed by atoms with Gasteiger partial charge in [-0.05, 0) is 47.2 Å². The fraction of sp³-hybridized carbons (Fsp3) is 0.125. The Morgan fingerprint density at radius 3 is 2.45 bits per heavy atom. The van der Waals surface area contributed by atoms with Crippen LogP contribution in [0.2, 0.25) is 0 Å². The van der Waals surface area contributed by atoms with E-state index in [2.05, 4.69) is 4.98 Å². The Balaban J connectivity index is 1.46. The number of hydrogen-bond acceptors (Lipinski definition) is 6. The molecule has 1 heterocycles. The molecule has 3 aromatic carbocycles. The Hall–Kier alpha value is -4.00. The summed E-state index contributed by atoms with van der Waals surface area (Å²) < 4.78 is 29.0. The van der Waals surface area contributed by atoms with E-state index in [0.29, 0.717) is 17.2 Å². The van der Waals surface area contributed by atoms with Crippen molar-refractivity contribution in [1.29, 1.82) is 0 Å². The van der Waals surface area contributed by atoms with E-state index in [9.17, 15) is 14.0 Å². The van der Waals surface area contributed by atoms with Gasteiger partial charge in [-0.25, -0.2) is 14.2 Å². The van der Waals surface area contributed by atoms with E-state index >= 15 is 0 Å². The predicted octanol–water partition coefficient (Wildman–Crippen LogP) is 4.96. The lowest BCUT2D eigenvalue weighted by Gasteiger charge is -2.10. The second-order valence-electron chi connectivity index (χ2n) is 6.79. The van der Waals surface area contributed by atoms with Crippen LogP contribution in [-0.2, 0) is 16.0 Å². The number of aryl methyl sites for hydroxylation is 1. The first-order valence-corrected chi connectivity index (χ1v) is 9.56. The molecule has 7 heteroatoms. The van der Waals surface area contributed by atoms with Crippen molar-refractivity contribution in [2.24, 2.45) is 0 Å². The Morgan fingerprint density at radius 1 is 1.03 bits per heavy atom. The van der Waals surface area contributed by atoms with E-state index in [0.717, 1.165) is 10.8 Å². The monoisotopic (exact) mass is 419 g/mol. The van der Waals surface area contributed by atoms with Crippen LogP contribution in [0.4, 0.5) is 4.39 Å². The molecule has 4 aromatic rings. The lowest BCUT2D eigenvalue weighted by atomic mass is 10.1. The second-order valence-corrected chi connectivity index (χ2v) is 6.79. The number of halogens is 1. The first-order chi connectivity index (χ1) is 15.0. The van der Waals surface area contributed by atoms with Crippen molar-refractivity contribution in [1.82, 2.24) is 4.98 Å². The third-order valence-electron chi connectivity index (χ3n) is 4.70. The highest BCUT2D eigenvalue weighted by Crippen LogP contribution is 2.27. The van der Waals surface area contributed by atoms with Gasteiger partial charge in [-0.15, -0.1) is 0 Å². The molecule has 0 bridgehead atoms. The van der Waals surface area contributed by atoms with Crippen LogP contribution in [0.3, 0.4) is 0 Å². The number of oxazole rings is 1. The van der Waals surface area contributed by atoms with Gasteiger partial charge in [0.05, 0.1) is 19.7 Å². The van der Waals surface area contributed by atoms with E-state index < -0.39 is 11.9 Å². The smallest absolute Gasteiger partial charge is 0.341 e. The van der Waals surface area contributed by atoms with E-state index in [1.807, 2.05) is 24.3 Å². The first kappa shape index (κ1) is 20.3. The molecule has 0 unspecified atom stereocenters. The van der Waals surface area contributed by atoms with Crippen LogP contribution < -0.4 is 4.74 Å². The zero-order valence-electron chi connectivity index (χ0n) is 16.6. The predicted molar refractivity (Wildman–Crippen MR) is 111 cm³/mol. The van der Waals surface area contributed by atoms with Crippen LogP contribution in [0.15, 0.2) is 71.3 Å². The van der Waals surface area contributed by atoms with Crippen molar-refractivity contribution in [2.75, 3.05) is 7.11 Å². The summed E-state index contributed by atoms with van der Waals surface area (Å²) in [6, 6.07) is 16.5. The summed E-state index contributed by atoms with van der Waals surface area (Å²) in [5.41, 5.74) is 0.853. The average molecular weight is 419 g/mol. The van der Waals surface area contributed by atoms with Crippen LogP contribution >= 0.6 is 0 Å². The molecule has 0 saturated heterocycles. The van der Waals surface area contributed by atoms with Gasteiger partial charge in [0, 0.05) is 12.0 Å². The number of methoxy groups -OCH3 is 1. The zero-order chi connectivity index (χ0) is 21.8. The number of nitrogens with zero attached hydrogens (tertiary/aromatic N) is 1. The highest BCUT2D eigenvalue weighted by Gasteiger charge is 2.18. The van der Waals surface area contributed by atoms with E-state index in [1.54, 1.807) is 24.3 Å². The third-order valence-corrected chi connectivity index (χ3v) is 4.70. The highest BCUT2D eigenvalue weighted by atomic mass is 19.1. The molecule has 6 nitrogen and oxygen atoms in total. The number of esters is 2. The fourth-order valence-electron chi connectivity index (χ4n) is 3.13. The van der Waals surface area contributed by atoms with Gasteiger partial charge in [0.1, 0.15) is 17.1 Å². The van der Waals surface area contributed by atoms with E-state index in [4.69, 9.17) is 13.9 Å². The van der Waals surface area contributed by atoms with E-state index in [1.165, 1.54) is 25.4 Å². The maximum Gasteiger partial charge on any atom is 0.341 e. The van der Waals surface area contributed by atoms with Gasteiger partial charge in [0.2, 0.25) is 0 Å². The molecule has 31 heavy (non-hydrogen) atoms. The van der Waals surface area contributed by atoms with Gasteiger partial charge >= 0.3 is 11.9 Å². The van der Waals surface area contributed by atoms with Crippen molar-refractivity contribution in [3.8, 4) is 17.1 Å². The molecular weight excluding hydrogens is 401 g/mol. The minimum atomic E-state index is -0.592. The third kappa shape index (κ3) is 4.61. The first-order valence-electron chi connectivity index (χ1n) is 9.56.